The number of hydrogen-bond acceptors (Lipinski definition) is 2. The van der Waals surface area contributed by atoms with E-state index in [9.17, 15) is 9.59 Å². The molecule has 0 unspecified atom stereocenters. The highest BCUT2D eigenvalue weighted by molar-refractivity contribution is 6.39. The van der Waals surface area contributed by atoms with E-state index in [1.807, 2.05) is 64.1 Å². The summed E-state index contributed by atoms with van der Waals surface area (Å²) < 4.78 is 0. The van der Waals surface area contributed by atoms with Gasteiger partial charge in [-0.3, -0.25) is 9.59 Å². The van der Waals surface area contributed by atoms with Crippen molar-refractivity contribution in [1.82, 2.24) is 0 Å². The molecule has 2 rings (SSSR count). The molecule has 4 heteroatoms. The molecule has 0 heterocycles. The normalized spacial score (nSPS) is 11.8. The summed E-state index contributed by atoms with van der Waals surface area (Å²) in [5, 5.41) is 0. The molecule has 0 spiro atoms. The van der Waals surface area contributed by atoms with Gasteiger partial charge in [-0.05, 0) is 38.8 Å². The number of carbonyl (C=O) groups excluding carboxylic acids is 2. The average Bonchev–Trinajstić information content (AvgIpc) is 2.41. The quantitative estimate of drug-likeness (QED) is 0.670. The Labute approximate surface area is 142 Å². The molecule has 124 valence electrons. The minimum absolute atomic E-state index is 0.152. The Morgan fingerprint density at radius 1 is 0.583 bits per heavy atom. The van der Waals surface area contributed by atoms with E-state index in [1.165, 1.54) is 0 Å². The molecule has 2 amide bonds. The van der Waals surface area contributed by atoms with Crippen LogP contribution in [0.3, 0.4) is 0 Å². The highest BCUT2D eigenvalue weighted by Gasteiger charge is 2.21. The summed E-state index contributed by atoms with van der Waals surface area (Å²) in [5.41, 5.74) is 16.7. The van der Waals surface area contributed by atoms with Crippen molar-refractivity contribution in [3.8, 4) is 0 Å². The van der Waals surface area contributed by atoms with E-state index < -0.39 is 11.8 Å². The summed E-state index contributed by atoms with van der Waals surface area (Å²) in [6.45, 7) is 7.71. The lowest BCUT2D eigenvalue weighted by Gasteiger charge is -2.14. The molecule has 0 aliphatic heterocycles. The second-order valence-electron chi connectivity index (χ2n) is 6.23. The number of rotatable bonds is 4. The Morgan fingerprint density at radius 3 is 1.04 bits per heavy atom. The lowest BCUT2D eigenvalue weighted by atomic mass is 9.90. The topological polar surface area (TPSA) is 86.2 Å². The first kappa shape index (κ1) is 17.5. The van der Waals surface area contributed by atoms with Crippen LogP contribution in [-0.2, 0) is 9.59 Å². The van der Waals surface area contributed by atoms with Crippen LogP contribution in [0, 0.1) is 27.7 Å². The largest absolute Gasteiger partial charge is 0.366 e. The number of nitrogens with two attached hydrogens (primary N) is 2. The SMILES string of the molecule is Cc1cc(C)cc(/C(C(N)=O)=C(\C(N)=O)c2cc(C)cc(C)c2)c1. The molecule has 2 aromatic rings. The first-order valence-electron chi connectivity index (χ1n) is 7.70. The van der Waals surface area contributed by atoms with Gasteiger partial charge >= 0.3 is 0 Å². The molecule has 0 aromatic heterocycles. The maximum Gasteiger partial charge on any atom is 0.250 e. The zero-order valence-corrected chi connectivity index (χ0v) is 14.4. The number of aryl methyl sites for hydroxylation is 4. The second kappa shape index (κ2) is 6.71. The molecule has 4 nitrogen and oxygen atoms in total. The summed E-state index contributed by atoms with van der Waals surface area (Å²) in [5.74, 6) is -1.35. The molecule has 0 radical (unpaired) electrons. The van der Waals surface area contributed by atoms with Crippen LogP contribution in [0.25, 0.3) is 11.1 Å². The van der Waals surface area contributed by atoms with Gasteiger partial charge in [0.1, 0.15) is 0 Å². The van der Waals surface area contributed by atoms with E-state index in [0.29, 0.717) is 11.1 Å². The van der Waals surface area contributed by atoms with Crippen LogP contribution < -0.4 is 11.5 Å². The molecule has 0 fully saturated rings. The summed E-state index contributed by atoms with van der Waals surface area (Å²) in [7, 11) is 0. The molecule has 0 atom stereocenters. The first-order chi connectivity index (χ1) is 11.2. The van der Waals surface area contributed by atoms with Gasteiger partial charge in [0.2, 0.25) is 11.8 Å². The van der Waals surface area contributed by atoms with Crippen LogP contribution in [0.15, 0.2) is 36.4 Å². The van der Waals surface area contributed by atoms with Crippen molar-refractivity contribution in [2.24, 2.45) is 11.5 Å². The van der Waals surface area contributed by atoms with Crippen LogP contribution in [0.1, 0.15) is 33.4 Å². The fourth-order valence-electron chi connectivity index (χ4n) is 3.06. The highest BCUT2D eigenvalue weighted by atomic mass is 16.2. The fraction of sp³-hybridized carbons (Fsp3) is 0.200. The van der Waals surface area contributed by atoms with Crippen LogP contribution >= 0.6 is 0 Å². The van der Waals surface area contributed by atoms with Gasteiger partial charge in [0.25, 0.3) is 0 Å². The van der Waals surface area contributed by atoms with Crippen molar-refractivity contribution in [2.75, 3.05) is 0 Å². The standard InChI is InChI=1S/C20H22N2O2/c1-11-5-12(2)8-15(7-11)17(19(21)23)18(20(22)24)16-9-13(3)6-14(4)10-16/h5-10H,1-4H3,(H2,21,23)(H2,22,24)/b18-17+. The monoisotopic (exact) mass is 322 g/mol. The molecule has 4 N–H and O–H groups in total. The fourth-order valence-corrected chi connectivity index (χ4v) is 3.06. The molecule has 0 aliphatic carbocycles. The van der Waals surface area contributed by atoms with Gasteiger partial charge < -0.3 is 11.5 Å². The molecular formula is C20H22N2O2. The first-order valence-corrected chi connectivity index (χ1v) is 7.70. The Balaban J connectivity index is 2.87. The molecule has 0 bridgehead atoms. The van der Waals surface area contributed by atoms with Gasteiger partial charge in [0.05, 0.1) is 11.1 Å². The van der Waals surface area contributed by atoms with E-state index in [4.69, 9.17) is 11.5 Å². The molecule has 2 aromatic carbocycles. The molecule has 0 saturated heterocycles. The average molecular weight is 322 g/mol. The maximum absolute atomic E-state index is 12.2. The van der Waals surface area contributed by atoms with Crippen LogP contribution in [-0.4, -0.2) is 11.8 Å². The third-order valence-corrected chi connectivity index (χ3v) is 3.76. The summed E-state index contributed by atoms with van der Waals surface area (Å²) >= 11 is 0. The van der Waals surface area contributed by atoms with Crippen molar-refractivity contribution in [1.29, 1.82) is 0 Å². The van der Waals surface area contributed by atoms with E-state index in [1.54, 1.807) is 0 Å². The van der Waals surface area contributed by atoms with Crippen molar-refractivity contribution >= 4 is 23.0 Å². The van der Waals surface area contributed by atoms with Gasteiger partial charge in [0.15, 0.2) is 0 Å². The Morgan fingerprint density at radius 2 is 0.833 bits per heavy atom. The van der Waals surface area contributed by atoms with Crippen LogP contribution in [0.4, 0.5) is 0 Å². The van der Waals surface area contributed by atoms with E-state index >= 15 is 0 Å². The van der Waals surface area contributed by atoms with Gasteiger partial charge in [-0.1, -0.05) is 58.7 Å². The Kier molecular flexibility index (Phi) is 4.88. The predicted octanol–water partition coefficient (Wildman–Crippen LogP) is 2.80. The number of amides is 2. The van der Waals surface area contributed by atoms with E-state index in [0.717, 1.165) is 22.3 Å². The van der Waals surface area contributed by atoms with E-state index in [2.05, 4.69) is 0 Å². The Hall–Kier alpha value is -2.88. The van der Waals surface area contributed by atoms with Crippen molar-refractivity contribution in [3.63, 3.8) is 0 Å². The maximum atomic E-state index is 12.2. The third kappa shape index (κ3) is 3.71. The van der Waals surface area contributed by atoms with Crippen molar-refractivity contribution < 1.29 is 9.59 Å². The number of benzene rings is 2. The van der Waals surface area contributed by atoms with Crippen molar-refractivity contribution in [2.45, 2.75) is 27.7 Å². The zero-order chi connectivity index (χ0) is 18.0. The number of primary amides is 2. The lowest BCUT2D eigenvalue weighted by Crippen LogP contribution is -2.21. The van der Waals surface area contributed by atoms with Crippen LogP contribution in [0.5, 0.6) is 0 Å². The van der Waals surface area contributed by atoms with Gasteiger partial charge in [-0.2, -0.15) is 0 Å². The van der Waals surface area contributed by atoms with Gasteiger partial charge in [-0.15, -0.1) is 0 Å². The van der Waals surface area contributed by atoms with Gasteiger partial charge in [-0.25, -0.2) is 0 Å². The Bertz CT molecular complexity index is 752. The predicted molar refractivity (Wildman–Crippen MR) is 97.0 cm³/mol. The second-order valence-corrected chi connectivity index (χ2v) is 6.23. The van der Waals surface area contributed by atoms with E-state index in [-0.39, 0.29) is 11.1 Å². The molecule has 24 heavy (non-hydrogen) atoms. The van der Waals surface area contributed by atoms with Gasteiger partial charge in [0, 0.05) is 0 Å². The van der Waals surface area contributed by atoms with Crippen molar-refractivity contribution in [3.05, 3.63) is 69.8 Å². The summed E-state index contributed by atoms with van der Waals surface area (Å²) in [4.78, 5) is 24.3. The smallest absolute Gasteiger partial charge is 0.250 e. The van der Waals surface area contributed by atoms with Crippen LogP contribution in [0.2, 0.25) is 0 Å². The zero-order valence-electron chi connectivity index (χ0n) is 14.4. The third-order valence-electron chi connectivity index (χ3n) is 3.76. The number of hydrogen-bond donors (Lipinski definition) is 2. The molecule has 0 aliphatic rings. The minimum Gasteiger partial charge on any atom is -0.366 e. The minimum atomic E-state index is -0.673. The lowest BCUT2D eigenvalue weighted by molar-refractivity contribution is -0.114. The highest BCUT2D eigenvalue weighted by Crippen LogP contribution is 2.29. The summed E-state index contributed by atoms with van der Waals surface area (Å²) in [6.07, 6.45) is 0. The molecular weight excluding hydrogens is 300 g/mol. The summed E-state index contributed by atoms with van der Waals surface area (Å²) in [6, 6.07) is 11.3. The molecule has 0 saturated carbocycles. The number of carbonyl (C=O) groups is 2.